The van der Waals surface area contributed by atoms with Crippen molar-refractivity contribution < 1.29 is 13.2 Å². The molecule has 0 spiro atoms. The van der Waals surface area contributed by atoms with E-state index < -0.39 is 11.7 Å². The van der Waals surface area contributed by atoms with Crippen LogP contribution in [0.4, 0.5) is 18.9 Å². The Labute approximate surface area is 133 Å². The maximum Gasteiger partial charge on any atom is 0.416 e. The van der Waals surface area contributed by atoms with E-state index in [-0.39, 0.29) is 0 Å². The van der Waals surface area contributed by atoms with Crippen LogP contribution in [0.5, 0.6) is 0 Å². The second kappa shape index (κ2) is 5.76. The molecule has 1 aliphatic carbocycles. The van der Waals surface area contributed by atoms with Gasteiger partial charge in [0.1, 0.15) is 0 Å². The van der Waals surface area contributed by atoms with E-state index in [2.05, 4.69) is 5.32 Å². The molecule has 0 aromatic heterocycles. The standard InChI is InChI=1S/C19H18F3N/c1-12-6-9-17(10-13(12)2)23-18(14-7-8-14)15-4-3-5-16(11-15)19(20,21)22/h3-6,9-11,23H,7-8H2,1-2H3. The fourth-order valence-corrected chi connectivity index (χ4v) is 2.49. The van der Waals surface area contributed by atoms with Gasteiger partial charge in [-0.05, 0) is 73.2 Å². The third-order valence-corrected chi connectivity index (χ3v) is 4.11. The minimum Gasteiger partial charge on any atom is -0.355 e. The predicted molar refractivity (Wildman–Crippen MR) is 87.1 cm³/mol. The smallest absolute Gasteiger partial charge is 0.355 e. The van der Waals surface area contributed by atoms with Crippen LogP contribution in [-0.2, 0) is 6.18 Å². The molecule has 120 valence electrons. The first kappa shape index (κ1) is 15.7. The average molecular weight is 317 g/mol. The third-order valence-electron chi connectivity index (χ3n) is 4.11. The van der Waals surface area contributed by atoms with E-state index in [4.69, 9.17) is 0 Å². The normalized spacial score (nSPS) is 13.9. The molecular weight excluding hydrogens is 299 g/mol. The number of anilines is 1. The Bertz CT molecular complexity index is 766. The molecule has 1 saturated carbocycles. The zero-order valence-electron chi connectivity index (χ0n) is 13.1. The lowest BCUT2D eigenvalue weighted by Gasteiger charge is -2.15. The Morgan fingerprint density at radius 3 is 2.30 bits per heavy atom. The van der Waals surface area contributed by atoms with E-state index in [1.54, 1.807) is 6.07 Å². The van der Waals surface area contributed by atoms with Gasteiger partial charge >= 0.3 is 6.18 Å². The summed E-state index contributed by atoms with van der Waals surface area (Å²) in [4.78, 5) is 0. The lowest BCUT2D eigenvalue weighted by atomic mass is 10.1. The number of hydrogen-bond acceptors (Lipinski definition) is 1. The van der Waals surface area contributed by atoms with Crippen LogP contribution in [0.1, 0.15) is 35.1 Å². The van der Waals surface area contributed by atoms with Crippen molar-refractivity contribution in [3.05, 3.63) is 70.3 Å². The van der Waals surface area contributed by atoms with Crippen molar-refractivity contribution >= 4 is 11.4 Å². The average Bonchev–Trinajstić information content (AvgIpc) is 3.32. The Kier molecular flexibility index (Phi) is 3.92. The van der Waals surface area contributed by atoms with E-state index in [9.17, 15) is 13.2 Å². The van der Waals surface area contributed by atoms with Crippen molar-refractivity contribution in [2.75, 3.05) is 5.32 Å². The Balaban J connectivity index is 1.95. The highest BCUT2D eigenvalue weighted by Gasteiger charge is 2.31. The van der Waals surface area contributed by atoms with Crippen LogP contribution >= 0.6 is 0 Å². The van der Waals surface area contributed by atoms with Crippen molar-refractivity contribution in [1.29, 1.82) is 0 Å². The van der Waals surface area contributed by atoms with Crippen LogP contribution < -0.4 is 5.32 Å². The quantitative estimate of drug-likeness (QED) is 0.738. The molecule has 1 aliphatic rings. The zero-order chi connectivity index (χ0) is 16.6. The monoisotopic (exact) mass is 317 g/mol. The van der Waals surface area contributed by atoms with Crippen molar-refractivity contribution in [3.8, 4) is 0 Å². The number of alkyl halides is 3. The highest BCUT2D eigenvalue weighted by molar-refractivity contribution is 5.81. The molecule has 0 unspecified atom stereocenters. The number of allylic oxidation sites excluding steroid dienone is 1. The second-order valence-electron chi connectivity index (χ2n) is 5.98. The van der Waals surface area contributed by atoms with E-state index in [1.165, 1.54) is 23.3 Å². The molecule has 0 bridgehead atoms. The molecule has 1 fully saturated rings. The van der Waals surface area contributed by atoms with Gasteiger partial charge in [-0.15, -0.1) is 0 Å². The van der Waals surface area contributed by atoms with Crippen molar-refractivity contribution in [2.24, 2.45) is 0 Å². The summed E-state index contributed by atoms with van der Waals surface area (Å²) in [5, 5.41) is 3.32. The Hall–Kier alpha value is -2.23. The second-order valence-corrected chi connectivity index (χ2v) is 5.98. The fourth-order valence-electron chi connectivity index (χ4n) is 2.49. The summed E-state index contributed by atoms with van der Waals surface area (Å²) in [6, 6.07) is 11.5. The van der Waals surface area contributed by atoms with Gasteiger partial charge in [-0.1, -0.05) is 18.2 Å². The molecule has 23 heavy (non-hydrogen) atoms. The Morgan fingerprint density at radius 1 is 0.957 bits per heavy atom. The largest absolute Gasteiger partial charge is 0.416 e. The number of hydrogen-bond donors (Lipinski definition) is 1. The third kappa shape index (κ3) is 3.58. The van der Waals surface area contributed by atoms with Gasteiger partial charge in [0.2, 0.25) is 0 Å². The van der Waals surface area contributed by atoms with Crippen molar-refractivity contribution in [3.63, 3.8) is 0 Å². The highest BCUT2D eigenvalue weighted by Crippen LogP contribution is 2.38. The van der Waals surface area contributed by atoms with E-state index in [0.717, 1.165) is 35.9 Å². The van der Waals surface area contributed by atoms with E-state index >= 15 is 0 Å². The van der Waals surface area contributed by atoms with Crippen LogP contribution in [-0.4, -0.2) is 0 Å². The summed E-state index contributed by atoms with van der Waals surface area (Å²) in [5.41, 5.74) is 5.19. The SMILES string of the molecule is Cc1ccc(NC(=C2CC2)c2cccc(C(F)(F)F)c2)cc1C. The lowest BCUT2D eigenvalue weighted by molar-refractivity contribution is -0.137. The minimum absolute atomic E-state index is 0.588. The van der Waals surface area contributed by atoms with Crippen LogP contribution in [0.2, 0.25) is 0 Å². The number of aryl methyl sites for hydroxylation is 2. The zero-order valence-corrected chi connectivity index (χ0v) is 13.1. The molecular formula is C19H18F3N. The van der Waals surface area contributed by atoms with Gasteiger partial charge in [0.15, 0.2) is 0 Å². The molecule has 0 atom stereocenters. The summed E-state index contributed by atoms with van der Waals surface area (Å²) in [5.74, 6) is 0. The number of benzene rings is 2. The summed E-state index contributed by atoms with van der Waals surface area (Å²) >= 11 is 0. The summed E-state index contributed by atoms with van der Waals surface area (Å²) < 4.78 is 38.8. The minimum atomic E-state index is -4.32. The first-order valence-corrected chi connectivity index (χ1v) is 7.58. The van der Waals surface area contributed by atoms with Gasteiger partial charge in [0.25, 0.3) is 0 Å². The van der Waals surface area contributed by atoms with Crippen LogP contribution in [0.3, 0.4) is 0 Å². The molecule has 1 nitrogen and oxygen atoms in total. The number of halogens is 3. The molecule has 4 heteroatoms. The predicted octanol–water partition coefficient (Wildman–Crippen LogP) is 5.94. The van der Waals surface area contributed by atoms with E-state index in [1.807, 2.05) is 32.0 Å². The van der Waals surface area contributed by atoms with Gasteiger partial charge < -0.3 is 5.32 Å². The maximum absolute atomic E-state index is 12.9. The molecule has 0 radical (unpaired) electrons. The van der Waals surface area contributed by atoms with Crippen molar-refractivity contribution in [2.45, 2.75) is 32.9 Å². The van der Waals surface area contributed by atoms with Gasteiger partial charge in [-0.3, -0.25) is 0 Å². The number of nitrogens with one attached hydrogen (secondary N) is 1. The summed E-state index contributed by atoms with van der Waals surface area (Å²) in [6.07, 6.45) is -2.46. The topological polar surface area (TPSA) is 12.0 Å². The molecule has 0 heterocycles. The van der Waals surface area contributed by atoms with Gasteiger partial charge in [-0.25, -0.2) is 0 Å². The van der Waals surface area contributed by atoms with Crippen LogP contribution in [0, 0.1) is 13.8 Å². The molecule has 0 saturated heterocycles. The first-order valence-electron chi connectivity index (χ1n) is 7.58. The van der Waals surface area contributed by atoms with Crippen LogP contribution in [0.25, 0.3) is 5.70 Å². The maximum atomic E-state index is 12.9. The molecule has 2 aromatic carbocycles. The van der Waals surface area contributed by atoms with Gasteiger partial charge in [-0.2, -0.15) is 13.2 Å². The molecule has 3 rings (SSSR count). The number of rotatable bonds is 3. The first-order chi connectivity index (χ1) is 10.8. The van der Waals surface area contributed by atoms with Crippen LogP contribution in [0.15, 0.2) is 48.0 Å². The summed E-state index contributed by atoms with van der Waals surface area (Å²) in [7, 11) is 0. The highest BCUT2D eigenvalue weighted by atomic mass is 19.4. The van der Waals surface area contributed by atoms with Crippen molar-refractivity contribution in [1.82, 2.24) is 0 Å². The molecule has 1 N–H and O–H groups in total. The van der Waals surface area contributed by atoms with E-state index in [0.29, 0.717) is 5.56 Å². The summed E-state index contributed by atoms with van der Waals surface area (Å²) in [6.45, 7) is 4.06. The molecule has 0 amide bonds. The molecule has 2 aromatic rings. The van der Waals surface area contributed by atoms with Gasteiger partial charge in [0, 0.05) is 11.4 Å². The van der Waals surface area contributed by atoms with Gasteiger partial charge in [0.05, 0.1) is 5.56 Å². The Morgan fingerprint density at radius 2 is 1.70 bits per heavy atom. The fraction of sp³-hybridized carbons (Fsp3) is 0.263. The lowest BCUT2D eigenvalue weighted by Crippen LogP contribution is -2.06. The molecule has 0 aliphatic heterocycles.